The van der Waals surface area contributed by atoms with Crippen LogP contribution in [0.25, 0.3) is 11.0 Å². The van der Waals surface area contributed by atoms with Gasteiger partial charge in [0.05, 0.1) is 5.56 Å². The van der Waals surface area contributed by atoms with Gasteiger partial charge in [-0.2, -0.15) is 0 Å². The first-order chi connectivity index (χ1) is 14.1. The van der Waals surface area contributed by atoms with E-state index in [1.807, 2.05) is 25.1 Å². The Morgan fingerprint density at radius 2 is 1.90 bits per heavy atom. The zero-order valence-electron chi connectivity index (χ0n) is 16.2. The van der Waals surface area contributed by atoms with Crippen molar-refractivity contribution >= 4 is 28.6 Å². The van der Waals surface area contributed by atoms with Crippen molar-refractivity contribution in [2.24, 2.45) is 0 Å². The number of piperazine rings is 1. The maximum atomic E-state index is 12.9. The van der Waals surface area contributed by atoms with Crippen molar-refractivity contribution in [3.63, 3.8) is 0 Å². The molecule has 1 fully saturated rings. The van der Waals surface area contributed by atoms with E-state index in [2.05, 4.69) is 9.97 Å². The zero-order valence-corrected chi connectivity index (χ0v) is 16.2. The number of aromatic amines is 1. The van der Waals surface area contributed by atoms with Gasteiger partial charge in [0.25, 0.3) is 17.6 Å². The number of Topliss-reactive ketones (excluding diaryl/α,β-unsaturated/α-hetero) is 1. The number of carbonyl (C=O) groups is 3. The van der Waals surface area contributed by atoms with Gasteiger partial charge < -0.3 is 14.8 Å². The summed E-state index contributed by atoms with van der Waals surface area (Å²) in [6.07, 6.45) is 3.86. The number of amides is 2. The highest BCUT2D eigenvalue weighted by Gasteiger charge is 2.34. The van der Waals surface area contributed by atoms with Gasteiger partial charge in [0, 0.05) is 49.0 Å². The quantitative estimate of drug-likeness (QED) is 0.548. The first-order valence-electron chi connectivity index (χ1n) is 9.72. The predicted molar refractivity (Wildman–Crippen MR) is 109 cm³/mol. The van der Waals surface area contributed by atoms with Crippen LogP contribution in [0.4, 0.5) is 0 Å². The smallest absolute Gasteiger partial charge is 0.295 e. The summed E-state index contributed by atoms with van der Waals surface area (Å²) in [5.41, 5.74) is 1.54. The van der Waals surface area contributed by atoms with E-state index >= 15 is 0 Å². The van der Waals surface area contributed by atoms with Crippen LogP contribution in [-0.2, 0) is 4.79 Å². The van der Waals surface area contributed by atoms with Crippen LogP contribution in [0.5, 0.6) is 0 Å². The van der Waals surface area contributed by atoms with Crippen molar-refractivity contribution in [1.29, 1.82) is 0 Å². The molecule has 0 spiro atoms. The fourth-order valence-electron chi connectivity index (χ4n) is 3.81. The van der Waals surface area contributed by atoms with Gasteiger partial charge in [0.15, 0.2) is 0 Å². The molecule has 4 rings (SSSR count). The second kappa shape index (κ2) is 7.87. The number of hydrogen-bond donors (Lipinski definition) is 1. The van der Waals surface area contributed by atoms with Gasteiger partial charge in [0.2, 0.25) is 0 Å². The van der Waals surface area contributed by atoms with E-state index in [4.69, 9.17) is 0 Å². The summed E-state index contributed by atoms with van der Waals surface area (Å²) < 4.78 is 0. The van der Waals surface area contributed by atoms with E-state index in [1.54, 1.807) is 40.3 Å². The highest BCUT2D eigenvalue weighted by atomic mass is 16.2. The molecule has 148 valence electrons. The Morgan fingerprint density at radius 1 is 1.10 bits per heavy atom. The van der Waals surface area contributed by atoms with Crippen LogP contribution in [-0.4, -0.2) is 63.0 Å². The normalized spacial score (nSPS) is 16.8. The third kappa shape index (κ3) is 3.51. The van der Waals surface area contributed by atoms with Crippen molar-refractivity contribution < 1.29 is 14.4 Å². The number of pyridine rings is 1. The topological polar surface area (TPSA) is 86.4 Å². The number of H-pyrrole nitrogens is 1. The minimum atomic E-state index is -0.554. The summed E-state index contributed by atoms with van der Waals surface area (Å²) >= 11 is 0. The van der Waals surface area contributed by atoms with Gasteiger partial charge in [-0.05, 0) is 30.7 Å². The molecule has 0 saturated carbocycles. The van der Waals surface area contributed by atoms with Crippen LogP contribution < -0.4 is 0 Å². The molecule has 1 aromatic carbocycles. The highest BCUT2D eigenvalue weighted by molar-refractivity contribution is 6.44. The Balaban J connectivity index is 1.50. The van der Waals surface area contributed by atoms with Crippen molar-refractivity contribution in [3.8, 4) is 0 Å². The number of benzene rings is 1. The van der Waals surface area contributed by atoms with Crippen LogP contribution in [0.3, 0.4) is 0 Å². The lowest BCUT2D eigenvalue weighted by molar-refractivity contribution is -0.128. The second-order valence-electron chi connectivity index (χ2n) is 7.11. The number of carbonyl (C=O) groups excluding carboxylic acids is 3. The molecule has 3 aromatic rings. The summed E-state index contributed by atoms with van der Waals surface area (Å²) in [6, 6.07) is 12.5. The Morgan fingerprint density at radius 3 is 2.66 bits per heavy atom. The molecule has 7 nitrogen and oxygen atoms in total. The Labute approximate surface area is 168 Å². The first kappa shape index (κ1) is 18.9. The average Bonchev–Trinajstić information content (AvgIpc) is 3.22. The molecule has 0 radical (unpaired) electrons. The van der Waals surface area contributed by atoms with Gasteiger partial charge in [-0.15, -0.1) is 0 Å². The predicted octanol–water partition coefficient (Wildman–Crippen LogP) is 2.51. The highest BCUT2D eigenvalue weighted by Crippen LogP contribution is 2.20. The average molecular weight is 390 g/mol. The number of ketones is 1. The molecular formula is C22H22N4O3. The lowest BCUT2D eigenvalue weighted by atomic mass is 10.0. The van der Waals surface area contributed by atoms with E-state index in [1.165, 1.54) is 6.20 Å². The molecule has 0 bridgehead atoms. The number of nitrogens with one attached hydrogen (secondary N) is 1. The molecule has 1 aliphatic heterocycles. The Hall–Kier alpha value is -3.48. The molecule has 0 aliphatic carbocycles. The van der Waals surface area contributed by atoms with Gasteiger partial charge in [-0.25, -0.2) is 4.98 Å². The minimum absolute atomic E-state index is 0.0430. The van der Waals surface area contributed by atoms with E-state index < -0.39 is 11.7 Å². The summed E-state index contributed by atoms with van der Waals surface area (Å²) in [4.78, 5) is 49.0. The number of aromatic nitrogens is 2. The molecule has 1 N–H and O–H groups in total. The van der Waals surface area contributed by atoms with Crippen LogP contribution in [0, 0.1) is 0 Å². The van der Waals surface area contributed by atoms with Crippen LogP contribution >= 0.6 is 0 Å². The summed E-state index contributed by atoms with van der Waals surface area (Å²) in [7, 11) is 0. The number of fused-ring (bicyclic) bond motifs is 1. The number of rotatable bonds is 4. The summed E-state index contributed by atoms with van der Waals surface area (Å²) in [5.74, 6) is -1.14. The van der Waals surface area contributed by atoms with Gasteiger partial charge in [-0.1, -0.05) is 25.1 Å². The number of nitrogens with zero attached hydrogens (tertiary/aromatic N) is 3. The lowest BCUT2D eigenvalue weighted by Gasteiger charge is -2.41. The van der Waals surface area contributed by atoms with E-state index in [9.17, 15) is 14.4 Å². The molecule has 2 aromatic heterocycles. The SMILES string of the molecule is CCC1CN(C(=O)C(=O)c2c[nH]c3ncccc23)CCN1C(=O)c1ccccc1. The summed E-state index contributed by atoms with van der Waals surface area (Å²) in [6.45, 7) is 3.07. The fourth-order valence-corrected chi connectivity index (χ4v) is 3.81. The van der Waals surface area contributed by atoms with Gasteiger partial charge in [0.1, 0.15) is 5.65 Å². The van der Waals surface area contributed by atoms with E-state index in [0.717, 1.165) is 0 Å². The largest absolute Gasteiger partial charge is 0.345 e. The van der Waals surface area contributed by atoms with Crippen molar-refractivity contribution in [3.05, 3.63) is 66.0 Å². The molecular weight excluding hydrogens is 368 g/mol. The van der Waals surface area contributed by atoms with E-state index in [-0.39, 0.29) is 11.9 Å². The number of hydrogen-bond acceptors (Lipinski definition) is 4. The minimum Gasteiger partial charge on any atom is -0.345 e. The standard InChI is InChI=1S/C22H22N4O3/c1-2-16-14-25(11-12-26(16)21(28)15-7-4-3-5-8-15)22(29)19(27)18-13-24-20-17(18)9-6-10-23-20/h3-10,13,16H,2,11-12,14H2,1H3,(H,23,24). The molecule has 1 saturated heterocycles. The zero-order chi connectivity index (χ0) is 20.4. The van der Waals surface area contributed by atoms with Crippen molar-refractivity contribution in [2.45, 2.75) is 19.4 Å². The maximum Gasteiger partial charge on any atom is 0.295 e. The van der Waals surface area contributed by atoms with Gasteiger partial charge in [-0.3, -0.25) is 14.4 Å². The lowest BCUT2D eigenvalue weighted by Crippen LogP contribution is -2.57. The third-order valence-electron chi connectivity index (χ3n) is 5.41. The maximum absolute atomic E-state index is 12.9. The molecule has 1 unspecified atom stereocenters. The fraction of sp³-hybridized carbons (Fsp3) is 0.273. The van der Waals surface area contributed by atoms with Crippen molar-refractivity contribution in [1.82, 2.24) is 19.8 Å². The van der Waals surface area contributed by atoms with E-state index in [0.29, 0.717) is 48.2 Å². The van der Waals surface area contributed by atoms with Crippen LogP contribution in [0.2, 0.25) is 0 Å². The molecule has 7 heteroatoms. The van der Waals surface area contributed by atoms with Crippen LogP contribution in [0.1, 0.15) is 34.1 Å². The second-order valence-corrected chi connectivity index (χ2v) is 7.11. The third-order valence-corrected chi connectivity index (χ3v) is 5.41. The molecule has 2 amide bonds. The van der Waals surface area contributed by atoms with Crippen molar-refractivity contribution in [2.75, 3.05) is 19.6 Å². The monoisotopic (exact) mass is 390 g/mol. The van der Waals surface area contributed by atoms with Crippen LogP contribution in [0.15, 0.2) is 54.9 Å². The molecule has 1 atom stereocenters. The molecule has 3 heterocycles. The molecule has 29 heavy (non-hydrogen) atoms. The molecule has 1 aliphatic rings. The summed E-state index contributed by atoms with van der Waals surface area (Å²) in [5, 5.41) is 0.635. The Kier molecular flexibility index (Phi) is 5.12. The van der Waals surface area contributed by atoms with Gasteiger partial charge >= 0.3 is 0 Å². The Bertz CT molecular complexity index is 1060. The first-order valence-corrected chi connectivity index (χ1v) is 9.72.